The van der Waals surface area contributed by atoms with E-state index in [1.807, 2.05) is 0 Å². The number of rotatable bonds is 5. The lowest BCUT2D eigenvalue weighted by molar-refractivity contribution is -0.143. The zero-order valence-corrected chi connectivity index (χ0v) is 22.4. The van der Waals surface area contributed by atoms with Crippen molar-refractivity contribution in [2.75, 3.05) is 13.1 Å². The number of halogens is 7. The molecule has 2 nitrogen and oxygen atoms in total. The first-order valence-electron chi connectivity index (χ1n) is 13.7. The minimum atomic E-state index is -4.90. The first kappa shape index (κ1) is 28.7. The molecule has 1 saturated heterocycles. The number of fused-ring (bicyclic) bond motifs is 1. The van der Waals surface area contributed by atoms with Gasteiger partial charge in [-0.1, -0.05) is 26.0 Å². The van der Waals surface area contributed by atoms with Crippen molar-refractivity contribution in [1.29, 1.82) is 0 Å². The van der Waals surface area contributed by atoms with Crippen molar-refractivity contribution in [3.63, 3.8) is 0 Å². The van der Waals surface area contributed by atoms with Gasteiger partial charge in [0.1, 0.15) is 5.82 Å². The Balaban J connectivity index is 1.48. The summed E-state index contributed by atoms with van der Waals surface area (Å²) in [6, 6.07) is 8.12. The Labute approximate surface area is 229 Å². The molecular formula is C31H32F7NO. The topological polar surface area (TPSA) is 20.3 Å². The molecule has 1 heterocycles. The average Bonchev–Trinajstić information content (AvgIpc) is 3.46. The number of allylic oxidation sites excluding steroid dienone is 2. The molecular weight excluding hydrogens is 535 g/mol. The summed E-state index contributed by atoms with van der Waals surface area (Å²) >= 11 is 0. The Kier molecular flexibility index (Phi) is 7.32. The predicted octanol–water partition coefficient (Wildman–Crippen LogP) is 8.74. The molecule has 40 heavy (non-hydrogen) atoms. The number of carbonyl (C=O) groups is 1. The minimum Gasteiger partial charge on any atom is -0.374 e. The number of carbonyl (C=O) groups excluding carboxylic acids is 1. The van der Waals surface area contributed by atoms with Gasteiger partial charge in [-0.3, -0.25) is 4.79 Å². The fraction of sp³-hybridized carbons (Fsp3) is 0.516. The number of hydrogen-bond donors (Lipinski definition) is 0. The fourth-order valence-electron chi connectivity index (χ4n) is 7.27. The second-order valence-corrected chi connectivity index (χ2v) is 12.1. The molecule has 0 bridgehead atoms. The molecule has 5 rings (SSSR count). The van der Waals surface area contributed by atoms with E-state index in [0.717, 1.165) is 42.8 Å². The Bertz CT molecular complexity index is 1260. The molecule has 2 aliphatic carbocycles. The van der Waals surface area contributed by atoms with Crippen molar-refractivity contribution >= 4 is 5.78 Å². The van der Waals surface area contributed by atoms with Crippen LogP contribution < -0.4 is 0 Å². The van der Waals surface area contributed by atoms with Crippen LogP contribution in [0.3, 0.4) is 0 Å². The standard InChI is InChI=1S/C31H32F7NO/c1-18(21-12-22(30(33,34)35)14-23(13-21)31(36,37)38)11-20-9-10-29(2)17-39(25-7-8-26(40)15-25)16-27(29)28(20)19-3-5-24(32)6-4-19/h3-6,12-15,18,20,27-28H,7-11,16-17H2,1-2H3/t18-,20+,27-,28+,29+/m0/s1. The number of likely N-dealkylation sites (tertiary alicyclic amines) is 1. The normalized spacial score (nSPS) is 28.0. The lowest BCUT2D eigenvalue weighted by Crippen LogP contribution is -2.40. The van der Waals surface area contributed by atoms with Crippen LogP contribution in [-0.4, -0.2) is 23.8 Å². The van der Waals surface area contributed by atoms with E-state index in [1.165, 1.54) is 12.1 Å². The van der Waals surface area contributed by atoms with Crippen molar-refractivity contribution in [3.8, 4) is 0 Å². The largest absolute Gasteiger partial charge is 0.416 e. The van der Waals surface area contributed by atoms with E-state index in [4.69, 9.17) is 0 Å². The summed E-state index contributed by atoms with van der Waals surface area (Å²) in [5, 5.41) is 0. The van der Waals surface area contributed by atoms with E-state index in [1.54, 1.807) is 25.1 Å². The third kappa shape index (κ3) is 5.66. The van der Waals surface area contributed by atoms with Gasteiger partial charge in [0.25, 0.3) is 0 Å². The summed E-state index contributed by atoms with van der Waals surface area (Å²) < 4.78 is 95.0. The Morgan fingerprint density at radius 2 is 1.60 bits per heavy atom. The van der Waals surface area contributed by atoms with Crippen LogP contribution in [0.1, 0.15) is 80.0 Å². The average molecular weight is 568 g/mol. The van der Waals surface area contributed by atoms with Gasteiger partial charge in [-0.2, -0.15) is 26.3 Å². The summed E-state index contributed by atoms with van der Waals surface area (Å²) in [5.41, 5.74) is -0.746. The monoisotopic (exact) mass is 567 g/mol. The quantitative estimate of drug-likeness (QED) is 0.337. The molecule has 5 atom stereocenters. The van der Waals surface area contributed by atoms with Crippen LogP contribution in [0.5, 0.6) is 0 Å². The van der Waals surface area contributed by atoms with Crippen LogP contribution in [-0.2, 0) is 17.1 Å². The second kappa shape index (κ2) is 10.2. The van der Waals surface area contributed by atoms with Gasteiger partial charge in [0.15, 0.2) is 5.78 Å². The molecule has 0 aromatic heterocycles. The van der Waals surface area contributed by atoms with Crippen LogP contribution in [0.4, 0.5) is 30.7 Å². The predicted molar refractivity (Wildman–Crippen MR) is 137 cm³/mol. The van der Waals surface area contributed by atoms with Crippen LogP contribution >= 0.6 is 0 Å². The zero-order valence-electron chi connectivity index (χ0n) is 22.4. The maximum absolute atomic E-state index is 13.9. The van der Waals surface area contributed by atoms with Gasteiger partial charge in [-0.05, 0) is 96.2 Å². The molecule has 1 aliphatic heterocycles. The third-order valence-corrected chi connectivity index (χ3v) is 9.34. The van der Waals surface area contributed by atoms with Crippen molar-refractivity contribution in [1.82, 2.24) is 4.90 Å². The number of hydrogen-bond acceptors (Lipinski definition) is 2. The molecule has 216 valence electrons. The number of ketones is 1. The summed E-state index contributed by atoms with van der Waals surface area (Å²) in [5.74, 6) is -0.783. The Morgan fingerprint density at radius 1 is 0.975 bits per heavy atom. The lowest BCUT2D eigenvalue weighted by Gasteiger charge is -2.46. The molecule has 2 fully saturated rings. The van der Waals surface area contributed by atoms with Crippen LogP contribution in [0, 0.1) is 23.1 Å². The highest BCUT2D eigenvalue weighted by Crippen LogP contribution is 2.57. The molecule has 3 aliphatic rings. The van der Waals surface area contributed by atoms with Crippen molar-refractivity contribution in [3.05, 3.63) is 82.3 Å². The molecule has 0 amide bonds. The van der Waals surface area contributed by atoms with Crippen molar-refractivity contribution in [2.45, 2.75) is 70.1 Å². The van der Waals surface area contributed by atoms with Gasteiger partial charge >= 0.3 is 12.4 Å². The minimum absolute atomic E-state index is 0.0102. The zero-order chi connectivity index (χ0) is 29.0. The van der Waals surface area contributed by atoms with Gasteiger partial charge < -0.3 is 4.90 Å². The second-order valence-electron chi connectivity index (χ2n) is 12.1. The smallest absolute Gasteiger partial charge is 0.374 e. The summed E-state index contributed by atoms with van der Waals surface area (Å²) in [7, 11) is 0. The number of alkyl halides is 6. The summed E-state index contributed by atoms with van der Waals surface area (Å²) in [6.07, 6.45) is -4.91. The Hall–Kier alpha value is -2.84. The van der Waals surface area contributed by atoms with Crippen LogP contribution in [0.2, 0.25) is 0 Å². The van der Waals surface area contributed by atoms with Crippen molar-refractivity contribution < 1.29 is 35.5 Å². The molecule has 0 spiro atoms. The maximum Gasteiger partial charge on any atom is 0.416 e. The third-order valence-electron chi connectivity index (χ3n) is 9.34. The first-order chi connectivity index (χ1) is 18.6. The molecule has 9 heteroatoms. The highest BCUT2D eigenvalue weighted by molar-refractivity contribution is 5.92. The lowest BCUT2D eigenvalue weighted by atomic mass is 9.57. The molecule has 0 unspecified atom stereocenters. The van der Waals surface area contributed by atoms with Gasteiger partial charge in [0.2, 0.25) is 0 Å². The number of benzene rings is 2. The molecule has 1 saturated carbocycles. The van der Waals surface area contributed by atoms with E-state index in [0.29, 0.717) is 25.8 Å². The van der Waals surface area contributed by atoms with Gasteiger partial charge in [-0.25, -0.2) is 4.39 Å². The van der Waals surface area contributed by atoms with Gasteiger partial charge in [0.05, 0.1) is 11.1 Å². The Morgan fingerprint density at radius 3 is 2.15 bits per heavy atom. The highest BCUT2D eigenvalue weighted by atomic mass is 19.4. The van der Waals surface area contributed by atoms with E-state index >= 15 is 0 Å². The van der Waals surface area contributed by atoms with E-state index in [9.17, 15) is 35.5 Å². The fourth-order valence-corrected chi connectivity index (χ4v) is 7.27. The summed E-state index contributed by atoms with van der Waals surface area (Å²) in [4.78, 5) is 14.2. The SMILES string of the molecule is C[C@@H](C[C@H]1CC[C@]2(C)CN(C3=CC(=O)CC3)C[C@H]2[C@@H]1c1ccc(F)cc1)c1cc(C(F)(F)F)cc(C(F)(F)F)c1. The van der Waals surface area contributed by atoms with E-state index in [-0.39, 0.29) is 46.4 Å². The number of nitrogens with zero attached hydrogens (tertiary/aromatic N) is 1. The van der Waals surface area contributed by atoms with E-state index < -0.39 is 29.4 Å². The maximum atomic E-state index is 13.9. The highest BCUT2D eigenvalue weighted by Gasteiger charge is 2.52. The van der Waals surface area contributed by atoms with E-state index in [2.05, 4.69) is 11.8 Å². The van der Waals surface area contributed by atoms with Gasteiger partial charge in [0, 0.05) is 31.3 Å². The molecule has 2 aromatic carbocycles. The first-order valence-corrected chi connectivity index (χ1v) is 13.7. The van der Waals surface area contributed by atoms with Gasteiger partial charge in [-0.15, -0.1) is 0 Å². The molecule has 2 aromatic rings. The summed E-state index contributed by atoms with van der Waals surface area (Å²) in [6.45, 7) is 5.37. The van der Waals surface area contributed by atoms with Crippen LogP contribution in [0.25, 0.3) is 0 Å². The molecule has 0 N–H and O–H groups in total. The molecule has 0 radical (unpaired) electrons. The van der Waals surface area contributed by atoms with Crippen LogP contribution in [0.15, 0.2) is 54.2 Å². The van der Waals surface area contributed by atoms with Crippen molar-refractivity contribution in [2.24, 2.45) is 17.3 Å².